The molecule has 0 aromatic carbocycles. The molecule has 0 saturated carbocycles. The van der Waals surface area contributed by atoms with Gasteiger partial charge in [0.15, 0.2) is 5.75 Å². The molecule has 0 unspecified atom stereocenters. The van der Waals surface area contributed by atoms with E-state index in [9.17, 15) is 0 Å². The van der Waals surface area contributed by atoms with Crippen LogP contribution in [-0.4, -0.2) is 22.1 Å². The molecule has 118 valence electrons. The van der Waals surface area contributed by atoms with Crippen LogP contribution in [0.2, 0.25) is 0 Å². The summed E-state index contributed by atoms with van der Waals surface area (Å²) in [7, 11) is 0. The standard InChI is InChI=1S/C17H29N3O/c1-7-8-9-10-21-15-12-18-16(13(2)3)20-14(15)11-19-17(4,5)6/h7,12-13,19H,1,8-11H2,2-6H3. The molecule has 4 nitrogen and oxygen atoms in total. The van der Waals surface area contributed by atoms with E-state index in [4.69, 9.17) is 4.74 Å². The van der Waals surface area contributed by atoms with Crippen molar-refractivity contribution in [3.8, 4) is 5.75 Å². The van der Waals surface area contributed by atoms with Crippen LogP contribution in [0.3, 0.4) is 0 Å². The van der Waals surface area contributed by atoms with Crippen molar-refractivity contribution in [1.29, 1.82) is 0 Å². The summed E-state index contributed by atoms with van der Waals surface area (Å²) in [5.41, 5.74) is 0.977. The van der Waals surface area contributed by atoms with E-state index in [-0.39, 0.29) is 5.54 Å². The predicted molar refractivity (Wildman–Crippen MR) is 87.6 cm³/mol. The summed E-state index contributed by atoms with van der Waals surface area (Å²) in [6.45, 7) is 15.7. The van der Waals surface area contributed by atoms with Gasteiger partial charge >= 0.3 is 0 Å². The van der Waals surface area contributed by atoms with E-state index in [0.717, 1.165) is 30.1 Å². The second kappa shape index (κ2) is 8.13. The van der Waals surface area contributed by atoms with Gasteiger partial charge in [-0.25, -0.2) is 9.97 Å². The normalized spacial score (nSPS) is 11.7. The fourth-order valence-corrected chi connectivity index (χ4v) is 1.71. The Hall–Kier alpha value is -1.42. The summed E-state index contributed by atoms with van der Waals surface area (Å²) >= 11 is 0. The molecule has 0 spiro atoms. The number of allylic oxidation sites excluding steroid dienone is 1. The molecule has 21 heavy (non-hydrogen) atoms. The molecule has 1 N–H and O–H groups in total. The summed E-state index contributed by atoms with van der Waals surface area (Å²) < 4.78 is 5.83. The Labute approximate surface area is 129 Å². The van der Waals surface area contributed by atoms with Crippen LogP contribution in [0.5, 0.6) is 5.75 Å². The molecule has 1 aromatic rings. The number of nitrogens with zero attached hydrogens (tertiary/aromatic N) is 2. The smallest absolute Gasteiger partial charge is 0.160 e. The fourth-order valence-electron chi connectivity index (χ4n) is 1.71. The van der Waals surface area contributed by atoms with Gasteiger partial charge in [-0.1, -0.05) is 19.9 Å². The Morgan fingerprint density at radius 1 is 1.38 bits per heavy atom. The number of nitrogens with one attached hydrogen (secondary N) is 1. The molecule has 4 heteroatoms. The van der Waals surface area contributed by atoms with Gasteiger partial charge in [0.05, 0.1) is 18.5 Å². The van der Waals surface area contributed by atoms with Gasteiger partial charge in [-0.2, -0.15) is 0 Å². The number of aromatic nitrogens is 2. The number of hydrogen-bond donors (Lipinski definition) is 1. The lowest BCUT2D eigenvalue weighted by molar-refractivity contribution is 0.302. The van der Waals surface area contributed by atoms with Crippen molar-refractivity contribution >= 4 is 0 Å². The zero-order valence-corrected chi connectivity index (χ0v) is 14.1. The number of unbranched alkanes of at least 4 members (excludes halogenated alkanes) is 1. The molecule has 0 amide bonds. The third-order valence-corrected chi connectivity index (χ3v) is 2.96. The summed E-state index contributed by atoms with van der Waals surface area (Å²) in [5, 5.41) is 3.46. The summed E-state index contributed by atoms with van der Waals surface area (Å²) in [6.07, 6.45) is 5.63. The van der Waals surface area contributed by atoms with Gasteiger partial charge in [-0.05, 0) is 33.6 Å². The minimum atomic E-state index is 0.0447. The van der Waals surface area contributed by atoms with Crippen LogP contribution in [-0.2, 0) is 6.54 Å². The Kier molecular flexibility index (Phi) is 6.82. The first kappa shape index (κ1) is 17.6. The first-order chi connectivity index (χ1) is 9.83. The van der Waals surface area contributed by atoms with Gasteiger partial charge in [0.2, 0.25) is 0 Å². The van der Waals surface area contributed by atoms with Crippen molar-refractivity contribution in [2.75, 3.05) is 6.61 Å². The van der Waals surface area contributed by atoms with E-state index in [1.54, 1.807) is 6.20 Å². The molecule has 0 saturated heterocycles. The molecule has 0 atom stereocenters. The van der Waals surface area contributed by atoms with E-state index >= 15 is 0 Å². The van der Waals surface area contributed by atoms with Gasteiger partial charge in [0, 0.05) is 18.0 Å². The maximum Gasteiger partial charge on any atom is 0.160 e. The molecule has 0 radical (unpaired) electrons. The molecule has 0 aliphatic rings. The molecular formula is C17H29N3O. The highest BCUT2D eigenvalue weighted by molar-refractivity contribution is 5.25. The second-order valence-corrected chi connectivity index (χ2v) is 6.58. The zero-order chi connectivity index (χ0) is 15.9. The maximum absolute atomic E-state index is 5.83. The van der Waals surface area contributed by atoms with Crippen LogP contribution >= 0.6 is 0 Å². The molecule has 0 bridgehead atoms. The first-order valence-corrected chi connectivity index (χ1v) is 7.68. The van der Waals surface area contributed by atoms with Crippen molar-refractivity contribution in [2.45, 2.75) is 65.5 Å². The van der Waals surface area contributed by atoms with E-state index in [1.165, 1.54) is 0 Å². The largest absolute Gasteiger partial charge is 0.490 e. The average Bonchev–Trinajstić information content (AvgIpc) is 2.41. The van der Waals surface area contributed by atoms with Crippen molar-refractivity contribution < 1.29 is 4.74 Å². The highest BCUT2D eigenvalue weighted by atomic mass is 16.5. The second-order valence-electron chi connectivity index (χ2n) is 6.58. The zero-order valence-electron chi connectivity index (χ0n) is 14.1. The summed E-state index contributed by atoms with van der Waals surface area (Å²) in [5.74, 6) is 1.95. The minimum absolute atomic E-state index is 0.0447. The van der Waals surface area contributed by atoms with Crippen LogP contribution in [0.25, 0.3) is 0 Å². The van der Waals surface area contributed by atoms with Gasteiger partial charge in [0.25, 0.3) is 0 Å². The van der Waals surface area contributed by atoms with Gasteiger partial charge in [-0.3, -0.25) is 0 Å². The average molecular weight is 291 g/mol. The highest BCUT2D eigenvalue weighted by Gasteiger charge is 2.14. The van der Waals surface area contributed by atoms with Crippen molar-refractivity contribution in [3.63, 3.8) is 0 Å². The summed E-state index contributed by atoms with van der Waals surface area (Å²) in [4.78, 5) is 9.05. The number of hydrogen-bond acceptors (Lipinski definition) is 4. The fraction of sp³-hybridized carbons (Fsp3) is 0.647. The van der Waals surface area contributed by atoms with E-state index in [1.807, 2.05) is 6.08 Å². The van der Waals surface area contributed by atoms with E-state index in [0.29, 0.717) is 19.1 Å². The molecule has 1 rings (SSSR count). The molecule has 1 aromatic heterocycles. The number of rotatable bonds is 8. The Morgan fingerprint density at radius 3 is 2.67 bits per heavy atom. The third kappa shape index (κ3) is 6.71. The van der Waals surface area contributed by atoms with Crippen molar-refractivity contribution in [1.82, 2.24) is 15.3 Å². The van der Waals surface area contributed by atoms with Crippen LogP contribution in [0, 0.1) is 0 Å². The Bertz CT molecular complexity index is 450. The molecule has 0 aliphatic heterocycles. The SMILES string of the molecule is C=CCCCOc1cnc(C(C)C)nc1CNC(C)(C)C. The third-order valence-electron chi connectivity index (χ3n) is 2.96. The lowest BCUT2D eigenvalue weighted by Crippen LogP contribution is -2.35. The molecule has 0 fully saturated rings. The first-order valence-electron chi connectivity index (χ1n) is 7.68. The Morgan fingerprint density at radius 2 is 2.10 bits per heavy atom. The van der Waals surface area contributed by atoms with Gasteiger partial charge in [0.1, 0.15) is 5.82 Å². The molecule has 1 heterocycles. The van der Waals surface area contributed by atoms with Crippen molar-refractivity contribution in [3.05, 3.63) is 30.4 Å². The Balaban J connectivity index is 2.81. The topological polar surface area (TPSA) is 47.0 Å². The van der Waals surface area contributed by atoms with Gasteiger partial charge in [-0.15, -0.1) is 6.58 Å². The van der Waals surface area contributed by atoms with Crippen LogP contribution in [0.1, 0.15) is 64.9 Å². The van der Waals surface area contributed by atoms with Crippen LogP contribution < -0.4 is 10.1 Å². The van der Waals surface area contributed by atoms with Gasteiger partial charge < -0.3 is 10.1 Å². The van der Waals surface area contributed by atoms with Crippen molar-refractivity contribution in [2.24, 2.45) is 0 Å². The van der Waals surface area contributed by atoms with E-state index in [2.05, 4.69) is 56.5 Å². The maximum atomic E-state index is 5.83. The number of ether oxygens (including phenoxy) is 1. The molecular weight excluding hydrogens is 262 g/mol. The lowest BCUT2D eigenvalue weighted by Gasteiger charge is -2.21. The van der Waals surface area contributed by atoms with Crippen LogP contribution in [0.4, 0.5) is 0 Å². The lowest BCUT2D eigenvalue weighted by atomic mass is 10.1. The minimum Gasteiger partial charge on any atom is -0.490 e. The predicted octanol–water partition coefficient (Wildman–Crippen LogP) is 3.83. The highest BCUT2D eigenvalue weighted by Crippen LogP contribution is 2.19. The van der Waals surface area contributed by atoms with Crippen LogP contribution in [0.15, 0.2) is 18.9 Å². The summed E-state index contributed by atoms with van der Waals surface area (Å²) in [6, 6.07) is 0. The van der Waals surface area contributed by atoms with E-state index < -0.39 is 0 Å². The monoisotopic (exact) mass is 291 g/mol. The quantitative estimate of drug-likeness (QED) is 0.584. The molecule has 0 aliphatic carbocycles.